The van der Waals surface area contributed by atoms with Crippen LogP contribution in [0.2, 0.25) is 0 Å². The van der Waals surface area contributed by atoms with Crippen LogP contribution in [0.15, 0.2) is 0 Å². The lowest BCUT2D eigenvalue weighted by atomic mass is 10.0. The Hall–Kier alpha value is -0.120. The fraction of sp³-hybridized carbons (Fsp3) is 1.00. The van der Waals surface area contributed by atoms with Crippen LogP contribution in [-0.2, 0) is 4.74 Å². The van der Waals surface area contributed by atoms with E-state index in [-0.39, 0.29) is 0 Å². The van der Waals surface area contributed by atoms with E-state index in [9.17, 15) is 0 Å². The molecule has 1 aliphatic rings. The van der Waals surface area contributed by atoms with E-state index in [2.05, 4.69) is 18.7 Å². The number of nitrogens with two attached hydrogens (primary N) is 1. The van der Waals surface area contributed by atoms with Crippen molar-refractivity contribution in [2.75, 3.05) is 26.8 Å². The average Bonchev–Trinajstić information content (AvgIpc) is 3.01. The number of ether oxygens (including phenoxy) is 1. The van der Waals surface area contributed by atoms with Gasteiger partial charge in [0, 0.05) is 25.7 Å². The molecule has 0 aromatic rings. The number of hydrogen-bond donors (Lipinski definition) is 1. The van der Waals surface area contributed by atoms with Gasteiger partial charge in [0.05, 0.1) is 6.61 Å². The van der Waals surface area contributed by atoms with E-state index in [0.29, 0.717) is 12.0 Å². The summed E-state index contributed by atoms with van der Waals surface area (Å²) in [5.41, 5.74) is 5.70. The predicted molar refractivity (Wildman–Crippen MR) is 59.3 cm³/mol. The molecule has 2 atom stereocenters. The molecular formula is C11H24N2O. The van der Waals surface area contributed by atoms with Crippen LogP contribution in [-0.4, -0.2) is 43.8 Å². The molecule has 0 amide bonds. The first-order valence-corrected chi connectivity index (χ1v) is 5.65. The fourth-order valence-corrected chi connectivity index (χ4v) is 1.85. The summed E-state index contributed by atoms with van der Waals surface area (Å²) in [5.74, 6) is 0.576. The molecule has 0 bridgehead atoms. The van der Waals surface area contributed by atoms with Crippen molar-refractivity contribution in [1.82, 2.24) is 4.90 Å². The van der Waals surface area contributed by atoms with E-state index in [0.717, 1.165) is 25.7 Å². The topological polar surface area (TPSA) is 38.5 Å². The number of methoxy groups -OCH3 is 1. The molecule has 0 aromatic carbocycles. The Balaban J connectivity index is 2.39. The van der Waals surface area contributed by atoms with Crippen molar-refractivity contribution in [3.8, 4) is 0 Å². The quantitative estimate of drug-likeness (QED) is 0.668. The molecule has 0 aromatic heterocycles. The van der Waals surface area contributed by atoms with Crippen LogP contribution in [0.4, 0.5) is 0 Å². The Bertz CT molecular complexity index is 159. The molecule has 1 aliphatic carbocycles. The minimum absolute atomic E-state index is 0.576. The average molecular weight is 200 g/mol. The number of hydrogen-bond acceptors (Lipinski definition) is 3. The number of rotatable bonds is 7. The van der Waals surface area contributed by atoms with Gasteiger partial charge in [-0.25, -0.2) is 0 Å². The summed E-state index contributed by atoms with van der Waals surface area (Å²) in [6.45, 7) is 7.17. The largest absolute Gasteiger partial charge is 0.383 e. The fourth-order valence-electron chi connectivity index (χ4n) is 1.85. The van der Waals surface area contributed by atoms with Gasteiger partial charge in [-0.2, -0.15) is 0 Å². The molecule has 1 saturated carbocycles. The normalized spacial score (nSPS) is 21.2. The van der Waals surface area contributed by atoms with Crippen molar-refractivity contribution in [1.29, 1.82) is 0 Å². The summed E-state index contributed by atoms with van der Waals surface area (Å²) >= 11 is 0. The van der Waals surface area contributed by atoms with Crippen molar-refractivity contribution in [3.05, 3.63) is 0 Å². The van der Waals surface area contributed by atoms with Gasteiger partial charge < -0.3 is 10.5 Å². The molecular weight excluding hydrogens is 176 g/mol. The Labute approximate surface area is 87.6 Å². The minimum Gasteiger partial charge on any atom is -0.383 e. The van der Waals surface area contributed by atoms with E-state index in [1.165, 1.54) is 12.8 Å². The second-order valence-corrected chi connectivity index (χ2v) is 4.42. The van der Waals surface area contributed by atoms with Crippen molar-refractivity contribution in [2.45, 2.75) is 38.8 Å². The first-order chi connectivity index (χ1) is 6.70. The minimum atomic E-state index is 0.576. The van der Waals surface area contributed by atoms with E-state index >= 15 is 0 Å². The van der Waals surface area contributed by atoms with Gasteiger partial charge >= 0.3 is 0 Å². The van der Waals surface area contributed by atoms with E-state index < -0.39 is 0 Å². The van der Waals surface area contributed by atoms with Gasteiger partial charge in [0.2, 0.25) is 0 Å². The summed E-state index contributed by atoms with van der Waals surface area (Å²) in [7, 11) is 1.77. The summed E-state index contributed by atoms with van der Waals surface area (Å²) < 4.78 is 5.14. The van der Waals surface area contributed by atoms with Crippen LogP contribution in [0, 0.1) is 5.92 Å². The third-order valence-corrected chi connectivity index (χ3v) is 3.29. The molecule has 14 heavy (non-hydrogen) atoms. The van der Waals surface area contributed by atoms with Crippen LogP contribution >= 0.6 is 0 Å². The standard InChI is InChI=1S/C11H24N2O/c1-9(8-12)10(2)13(6-7-14-3)11-4-5-11/h9-11H,4-8,12H2,1-3H3. The van der Waals surface area contributed by atoms with Crippen LogP contribution in [0.1, 0.15) is 26.7 Å². The predicted octanol–water partition coefficient (Wildman–Crippen LogP) is 1.08. The highest BCUT2D eigenvalue weighted by molar-refractivity contribution is 4.88. The zero-order chi connectivity index (χ0) is 10.6. The van der Waals surface area contributed by atoms with Crippen molar-refractivity contribution in [2.24, 2.45) is 11.7 Å². The van der Waals surface area contributed by atoms with Crippen LogP contribution < -0.4 is 5.73 Å². The van der Waals surface area contributed by atoms with Crippen LogP contribution in [0.25, 0.3) is 0 Å². The Morgan fingerprint density at radius 2 is 2.07 bits per heavy atom. The van der Waals surface area contributed by atoms with Crippen LogP contribution in [0.5, 0.6) is 0 Å². The Morgan fingerprint density at radius 3 is 2.50 bits per heavy atom. The van der Waals surface area contributed by atoms with Crippen molar-refractivity contribution < 1.29 is 4.74 Å². The maximum Gasteiger partial charge on any atom is 0.0589 e. The summed E-state index contributed by atoms with van der Waals surface area (Å²) in [5, 5.41) is 0. The van der Waals surface area contributed by atoms with Gasteiger partial charge in [-0.1, -0.05) is 6.92 Å². The summed E-state index contributed by atoms with van der Waals surface area (Å²) in [6, 6.07) is 1.39. The second-order valence-electron chi connectivity index (χ2n) is 4.42. The molecule has 1 fully saturated rings. The highest BCUT2D eigenvalue weighted by Gasteiger charge is 2.33. The Kier molecular flexibility index (Phi) is 4.85. The van der Waals surface area contributed by atoms with E-state index in [1.54, 1.807) is 7.11 Å². The molecule has 0 radical (unpaired) electrons. The molecule has 0 heterocycles. The third kappa shape index (κ3) is 3.23. The zero-order valence-corrected chi connectivity index (χ0v) is 9.70. The monoisotopic (exact) mass is 200 g/mol. The van der Waals surface area contributed by atoms with E-state index in [1.807, 2.05) is 0 Å². The van der Waals surface area contributed by atoms with Gasteiger partial charge in [-0.3, -0.25) is 4.90 Å². The Morgan fingerprint density at radius 1 is 1.43 bits per heavy atom. The molecule has 0 spiro atoms. The highest BCUT2D eigenvalue weighted by Crippen LogP contribution is 2.30. The lowest BCUT2D eigenvalue weighted by Gasteiger charge is -2.32. The molecule has 1 rings (SSSR count). The maximum absolute atomic E-state index is 5.70. The van der Waals surface area contributed by atoms with E-state index in [4.69, 9.17) is 10.5 Å². The molecule has 3 nitrogen and oxygen atoms in total. The SMILES string of the molecule is COCCN(C1CC1)C(C)C(C)CN. The third-order valence-electron chi connectivity index (χ3n) is 3.29. The van der Waals surface area contributed by atoms with Gasteiger partial charge in [0.15, 0.2) is 0 Å². The molecule has 2 N–H and O–H groups in total. The highest BCUT2D eigenvalue weighted by atomic mass is 16.5. The van der Waals surface area contributed by atoms with Gasteiger partial charge in [0.25, 0.3) is 0 Å². The smallest absolute Gasteiger partial charge is 0.0589 e. The second kappa shape index (κ2) is 5.69. The molecule has 2 unspecified atom stereocenters. The zero-order valence-electron chi connectivity index (χ0n) is 9.70. The molecule has 3 heteroatoms. The number of nitrogens with zero attached hydrogens (tertiary/aromatic N) is 1. The van der Waals surface area contributed by atoms with Gasteiger partial charge in [-0.15, -0.1) is 0 Å². The summed E-state index contributed by atoms with van der Waals surface area (Å²) in [4.78, 5) is 2.56. The lowest BCUT2D eigenvalue weighted by Crippen LogP contribution is -2.43. The maximum atomic E-state index is 5.70. The summed E-state index contributed by atoms with van der Waals surface area (Å²) in [6.07, 6.45) is 2.71. The molecule has 0 aliphatic heterocycles. The molecule has 0 saturated heterocycles. The first kappa shape index (κ1) is 12.0. The lowest BCUT2D eigenvalue weighted by molar-refractivity contribution is 0.0995. The first-order valence-electron chi connectivity index (χ1n) is 5.65. The van der Waals surface area contributed by atoms with Crippen molar-refractivity contribution >= 4 is 0 Å². The van der Waals surface area contributed by atoms with Crippen molar-refractivity contribution in [3.63, 3.8) is 0 Å². The van der Waals surface area contributed by atoms with Gasteiger partial charge in [-0.05, 0) is 32.2 Å². The molecule has 84 valence electrons. The van der Waals surface area contributed by atoms with Crippen LogP contribution in [0.3, 0.4) is 0 Å². The van der Waals surface area contributed by atoms with Gasteiger partial charge in [0.1, 0.15) is 0 Å².